The molecule has 6 heteroatoms. The first-order chi connectivity index (χ1) is 10.1. The molecule has 0 unspecified atom stereocenters. The van der Waals surface area contributed by atoms with Crippen molar-refractivity contribution in [2.45, 2.75) is 17.7 Å². The number of rotatable bonds is 7. The fourth-order valence-electron chi connectivity index (χ4n) is 2.58. The van der Waals surface area contributed by atoms with Crippen molar-refractivity contribution in [3.8, 4) is 0 Å². The molecule has 1 aromatic carbocycles. The van der Waals surface area contributed by atoms with E-state index in [-0.39, 0.29) is 0 Å². The van der Waals surface area contributed by atoms with Crippen molar-refractivity contribution in [2.75, 3.05) is 39.9 Å². The van der Waals surface area contributed by atoms with Crippen LogP contribution in [0.2, 0.25) is 0 Å². The average molecular weight is 312 g/mol. The van der Waals surface area contributed by atoms with E-state index < -0.39 is 10.0 Å². The van der Waals surface area contributed by atoms with Gasteiger partial charge in [-0.2, -0.15) is 4.31 Å². The first kappa shape index (κ1) is 16.4. The second kappa shape index (κ2) is 7.89. The molecule has 0 bridgehead atoms. The number of nitrogens with zero attached hydrogens (tertiary/aromatic N) is 1. The van der Waals surface area contributed by atoms with Gasteiger partial charge < -0.3 is 10.1 Å². The summed E-state index contributed by atoms with van der Waals surface area (Å²) in [5.74, 6) is 0.545. The Morgan fingerprint density at radius 3 is 2.52 bits per heavy atom. The van der Waals surface area contributed by atoms with Crippen LogP contribution in [0.4, 0.5) is 0 Å². The molecule has 1 aliphatic heterocycles. The van der Waals surface area contributed by atoms with E-state index in [1.54, 1.807) is 35.7 Å². The Labute approximate surface area is 127 Å². The molecule has 0 radical (unpaired) electrons. The first-order valence-electron chi connectivity index (χ1n) is 7.39. The van der Waals surface area contributed by atoms with E-state index in [4.69, 9.17) is 4.74 Å². The van der Waals surface area contributed by atoms with E-state index in [9.17, 15) is 8.42 Å². The SMILES string of the molecule is COCCNCC1CCN(S(=O)(=O)c2ccccc2)CC1. The number of methoxy groups -OCH3 is 1. The number of piperidine rings is 1. The van der Waals surface area contributed by atoms with Crippen LogP contribution in [0.1, 0.15) is 12.8 Å². The standard InChI is InChI=1S/C15H24N2O3S/c1-20-12-9-16-13-14-7-10-17(11-8-14)21(18,19)15-5-3-2-4-6-15/h2-6,14,16H,7-13H2,1H3. The quantitative estimate of drug-likeness (QED) is 0.772. The number of sulfonamides is 1. The normalized spacial score (nSPS) is 18.0. The van der Waals surface area contributed by atoms with E-state index in [0.29, 0.717) is 30.5 Å². The van der Waals surface area contributed by atoms with Gasteiger partial charge in [0.2, 0.25) is 10.0 Å². The van der Waals surface area contributed by atoms with Crippen molar-refractivity contribution in [3.63, 3.8) is 0 Å². The van der Waals surface area contributed by atoms with Crippen LogP contribution in [0, 0.1) is 5.92 Å². The zero-order chi connectivity index (χ0) is 15.1. The van der Waals surface area contributed by atoms with Gasteiger partial charge in [0, 0.05) is 26.7 Å². The third-order valence-electron chi connectivity index (χ3n) is 3.87. The fraction of sp³-hybridized carbons (Fsp3) is 0.600. The van der Waals surface area contributed by atoms with Gasteiger partial charge in [0.05, 0.1) is 11.5 Å². The monoisotopic (exact) mass is 312 g/mol. The van der Waals surface area contributed by atoms with Gasteiger partial charge in [-0.1, -0.05) is 18.2 Å². The molecule has 1 aromatic rings. The Morgan fingerprint density at radius 1 is 1.24 bits per heavy atom. The van der Waals surface area contributed by atoms with Crippen molar-refractivity contribution in [1.29, 1.82) is 0 Å². The summed E-state index contributed by atoms with van der Waals surface area (Å²) in [6, 6.07) is 8.68. The third kappa shape index (κ3) is 4.51. The molecule has 1 aliphatic rings. The molecule has 1 saturated heterocycles. The van der Waals surface area contributed by atoms with Gasteiger partial charge in [0.25, 0.3) is 0 Å². The Balaban J connectivity index is 1.83. The van der Waals surface area contributed by atoms with E-state index in [1.807, 2.05) is 6.07 Å². The molecule has 0 amide bonds. The van der Waals surface area contributed by atoms with E-state index in [1.165, 1.54) is 0 Å². The maximum atomic E-state index is 12.5. The Kier molecular flexibility index (Phi) is 6.17. The van der Waals surface area contributed by atoms with Crippen LogP contribution in [-0.4, -0.2) is 52.6 Å². The van der Waals surface area contributed by atoms with Gasteiger partial charge in [-0.05, 0) is 37.4 Å². The molecule has 1 N–H and O–H groups in total. The summed E-state index contributed by atoms with van der Waals surface area (Å²) in [6.45, 7) is 3.70. The number of ether oxygens (including phenoxy) is 1. The van der Waals surface area contributed by atoms with Crippen LogP contribution in [0.3, 0.4) is 0 Å². The minimum Gasteiger partial charge on any atom is -0.383 e. The zero-order valence-corrected chi connectivity index (χ0v) is 13.3. The summed E-state index contributed by atoms with van der Waals surface area (Å²) in [6.07, 6.45) is 1.82. The molecular formula is C15H24N2O3S. The summed E-state index contributed by atoms with van der Waals surface area (Å²) in [4.78, 5) is 0.390. The zero-order valence-electron chi connectivity index (χ0n) is 12.5. The second-order valence-corrected chi connectivity index (χ2v) is 7.30. The van der Waals surface area contributed by atoms with Crippen LogP contribution in [0.25, 0.3) is 0 Å². The van der Waals surface area contributed by atoms with Crippen molar-refractivity contribution in [3.05, 3.63) is 30.3 Å². The third-order valence-corrected chi connectivity index (χ3v) is 5.78. The predicted octanol–water partition coefficient (Wildman–Crippen LogP) is 1.32. The fourth-order valence-corrected chi connectivity index (χ4v) is 4.07. The summed E-state index contributed by atoms with van der Waals surface area (Å²) >= 11 is 0. The molecule has 0 aliphatic carbocycles. The molecule has 0 aromatic heterocycles. The van der Waals surface area contributed by atoms with Crippen molar-refractivity contribution in [2.24, 2.45) is 5.92 Å². The van der Waals surface area contributed by atoms with Crippen molar-refractivity contribution in [1.82, 2.24) is 9.62 Å². The highest BCUT2D eigenvalue weighted by atomic mass is 32.2. The first-order valence-corrected chi connectivity index (χ1v) is 8.83. The summed E-state index contributed by atoms with van der Waals surface area (Å²) in [7, 11) is -1.63. The smallest absolute Gasteiger partial charge is 0.243 e. The molecule has 118 valence electrons. The second-order valence-electron chi connectivity index (χ2n) is 5.36. The molecule has 1 heterocycles. The van der Waals surface area contributed by atoms with Gasteiger partial charge in [0.15, 0.2) is 0 Å². The largest absolute Gasteiger partial charge is 0.383 e. The van der Waals surface area contributed by atoms with Crippen molar-refractivity contribution < 1.29 is 13.2 Å². The Hall–Kier alpha value is -0.950. The van der Waals surface area contributed by atoms with E-state index in [2.05, 4.69) is 5.32 Å². The molecule has 1 fully saturated rings. The highest BCUT2D eigenvalue weighted by molar-refractivity contribution is 7.89. The topological polar surface area (TPSA) is 58.6 Å². The highest BCUT2D eigenvalue weighted by Crippen LogP contribution is 2.23. The van der Waals surface area contributed by atoms with E-state index in [0.717, 1.165) is 25.9 Å². The van der Waals surface area contributed by atoms with Gasteiger partial charge >= 0.3 is 0 Å². The van der Waals surface area contributed by atoms with Crippen LogP contribution in [0.15, 0.2) is 35.2 Å². The van der Waals surface area contributed by atoms with Gasteiger partial charge in [-0.25, -0.2) is 8.42 Å². The average Bonchev–Trinajstić information content (AvgIpc) is 2.53. The van der Waals surface area contributed by atoms with Crippen LogP contribution in [0.5, 0.6) is 0 Å². The van der Waals surface area contributed by atoms with Gasteiger partial charge in [-0.15, -0.1) is 0 Å². The van der Waals surface area contributed by atoms with Gasteiger partial charge in [0.1, 0.15) is 0 Å². The van der Waals surface area contributed by atoms with Gasteiger partial charge in [-0.3, -0.25) is 0 Å². The summed E-state index contributed by atoms with van der Waals surface area (Å²) < 4.78 is 31.6. The minimum absolute atomic E-state index is 0.390. The molecule has 21 heavy (non-hydrogen) atoms. The molecule has 0 spiro atoms. The lowest BCUT2D eigenvalue weighted by molar-refractivity contribution is 0.194. The number of nitrogens with one attached hydrogen (secondary N) is 1. The lowest BCUT2D eigenvalue weighted by atomic mass is 9.98. The predicted molar refractivity (Wildman–Crippen MR) is 82.7 cm³/mol. The van der Waals surface area contributed by atoms with Crippen LogP contribution < -0.4 is 5.32 Å². The summed E-state index contributed by atoms with van der Waals surface area (Å²) in [5.41, 5.74) is 0. The number of benzene rings is 1. The maximum Gasteiger partial charge on any atom is 0.243 e. The lowest BCUT2D eigenvalue weighted by Crippen LogP contribution is -2.41. The lowest BCUT2D eigenvalue weighted by Gasteiger charge is -2.31. The van der Waals surface area contributed by atoms with Crippen molar-refractivity contribution >= 4 is 10.0 Å². The highest BCUT2D eigenvalue weighted by Gasteiger charge is 2.28. The molecule has 0 saturated carbocycles. The Morgan fingerprint density at radius 2 is 1.90 bits per heavy atom. The molecule has 2 rings (SSSR count). The molecular weight excluding hydrogens is 288 g/mol. The molecule has 0 atom stereocenters. The van der Waals surface area contributed by atoms with Crippen LogP contribution in [-0.2, 0) is 14.8 Å². The minimum atomic E-state index is -3.32. The number of hydrogen-bond donors (Lipinski definition) is 1. The Bertz CT molecular complexity index is 511. The van der Waals surface area contributed by atoms with E-state index >= 15 is 0 Å². The maximum absolute atomic E-state index is 12.5. The number of hydrogen-bond acceptors (Lipinski definition) is 4. The van der Waals surface area contributed by atoms with Crippen LogP contribution >= 0.6 is 0 Å². The molecule has 5 nitrogen and oxygen atoms in total. The summed E-state index contributed by atoms with van der Waals surface area (Å²) in [5, 5.41) is 3.35.